The van der Waals surface area contributed by atoms with Gasteiger partial charge in [-0.05, 0) is 31.5 Å². The van der Waals surface area contributed by atoms with E-state index in [2.05, 4.69) is 27.7 Å². The third kappa shape index (κ3) is 5.94. The molecule has 148 valence electrons. The molecule has 7 heteroatoms. The number of benzene rings is 1. The van der Waals surface area contributed by atoms with Gasteiger partial charge in [0.15, 0.2) is 0 Å². The Bertz CT molecular complexity index is 640. The molecular formula is C20H30N4O3. The van der Waals surface area contributed by atoms with Crippen molar-refractivity contribution in [2.24, 2.45) is 0 Å². The van der Waals surface area contributed by atoms with Crippen molar-refractivity contribution >= 4 is 17.6 Å². The van der Waals surface area contributed by atoms with Gasteiger partial charge in [-0.3, -0.25) is 15.0 Å². The number of ether oxygens (including phenoxy) is 1. The van der Waals surface area contributed by atoms with Gasteiger partial charge < -0.3 is 15.0 Å². The average molecular weight is 374 g/mol. The first kappa shape index (κ1) is 19.6. The number of urea groups is 1. The molecule has 0 radical (unpaired) electrons. The number of nitrogens with zero attached hydrogens (tertiary/aromatic N) is 2. The van der Waals surface area contributed by atoms with E-state index in [1.165, 1.54) is 11.3 Å². The van der Waals surface area contributed by atoms with Gasteiger partial charge in [-0.25, -0.2) is 4.79 Å². The Morgan fingerprint density at radius 1 is 1.19 bits per heavy atom. The van der Waals surface area contributed by atoms with Crippen LogP contribution in [0, 0.1) is 0 Å². The average Bonchev–Trinajstić information content (AvgIpc) is 3.15. The highest BCUT2D eigenvalue weighted by atomic mass is 16.5. The van der Waals surface area contributed by atoms with Crippen LogP contribution >= 0.6 is 0 Å². The van der Waals surface area contributed by atoms with E-state index in [0.29, 0.717) is 6.54 Å². The van der Waals surface area contributed by atoms with Crippen molar-refractivity contribution in [1.82, 2.24) is 15.5 Å². The summed E-state index contributed by atoms with van der Waals surface area (Å²) < 4.78 is 5.44. The second-order valence-corrected chi connectivity index (χ2v) is 7.40. The Morgan fingerprint density at radius 3 is 2.63 bits per heavy atom. The van der Waals surface area contributed by atoms with Gasteiger partial charge >= 0.3 is 6.03 Å². The molecule has 27 heavy (non-hydrogen) atoms. The minimum Gasteiger partial charge on any atom is -0.378 e. The minimum atomic E-state index is -0.381. The Hall–Kier alpha value is -2.12. The first-order chi connectivity index (χ1) is 13.1. The summed E-state index contributed by atoms with van der Waals surface area (Å²) in [5.41, 5.74) is 2.36. The van der Waals surface area contributed by atoms with E-state index in [1.54, 1.807) is 0 Å². The fourth-order valence-corrected chi connectivity index (χ4v) is 3.81. The van der Waals surface area contributed by atoms with Crippen molar-refractivity contribution in [1.29, 1.82) is 0 Å². The summed E-state index contributed by atoms with van der Waals surface area (Å²) in [5.74, 6) is -0.281. The van der Waals surface area contributed by atoms with Crippen LogP contribution < -0.4 is 15.5 Å². The van der Waals surface area contributed by atoms with Gasteiger partial charge in [0, 0.05) is 31.4 Å². The lowest BCUT2D eigenvalue weighted by molar-refractivity contribution is -0.121. The molecule has 0 aromatic heterocycles. The standard InChI is InChI=1S/C20H30N4O3/c1-23(15-19(25)22-20(26)21-17-7-3-4-8-17)14-16-6-2-5-9-18(16)24-10-12-27-13-11-24/h2,5-6,9,17H,3-4,7-8,10-15H2,1H3,(H2,21,22,25,26). The normalized spacial score (nSPS) is 17.9. The molecular weight excluding hydrogens is 344 g/mol. The molecule has 2 N–H and O–H groups in total. The van der Waals surface area contributed by atoms with Gasteiger partial charge in [-0.1, -0.05) is 31.0 Å². The van der Waals surface area contributed by atoms with Crippen molar-refractivity contribution in [3.8, 4) is 0 Å². The molecule has 1 aromatic carbocycles. The molecule has 3 rings (SSSR count). The maximum absolute atomic E-state index is 12.2. The third-order valence-corrected chi connectivity index (χ3v) is 5.14. The summed E-state index contributed by atoms with van der Waals surface area (Å²) in [5, 5.41) is 5.32. The van der Waals surface area contributed by atoms with Crippen LogP contribution in [0.15, 0.2) is 24.3 Å². The zero-order valence-electron chi connectivity index (χ0n) is 16.1. The maximum Gasteiger partial charge on any atom is 0.321 e. The van der Waals surface area contributed by atoms with Gasteiger partial charge in [0.1, 0.15) is 0 Å². The van der Waals surface area contributed by atoms with Gasteiger partial charge in [-0.2, -0.15) is 0 Å². The van der Waals surface area contributed by atoms with Crippen LogP contribution in [-0.2, 0) is 16.1 Å². The molecule has 1 aromatic rings. The first-order valence-electron chi connectivity index (χ1n) is 9.81. The lowest BCUT2D eigenvalue weighted by Gasteiger charge is -2.31. The molecule has 0 bridgehead atoms. The molecule has 0 atom stereocenters. The largest absolute Gasteiger partial charge is 0.378 e. The van der Waals surface area contributed by atoms with E-state index >= 15 is 0 Å². The van der Waals surface area contributed by atoms with Crippen molar-refractivity contribution in [3.63, 3.8) is 0 Å². The highest BCUT2D eigenvalue weighted by Crippen LogP contribution is 2.22. The van der Waals surface area contributed by atoms with Gasteiger partial charge in [-0.15, -0.1) is 0 Å². The number of hydrogen-bond donors (Lipinski definition) is 2. The van der Waals surface area contributed by atoms with Crippen molar-refractivity contribution < 1.29 is 14.3 Å². The molecule has 3 amide bonds. The quantitative estimate of drug-likeness (QED) is 0.793. The molecule has 0 unspecified atom stereocenters. The van der Waals surface area contributed by atoms with Crippen molar-refractivity contribution in [3.05, 3.63) is 29.8 Å². The van der Waals surface area contributed by atoms with Crippen LogP contribution in [0.4, 0.5) is 10.5 Å². The first-order valence-corrected chi connectivity index (χ1v) is 9.81. The molecule has 1 aliphatic heterocycles. The monoisotopic (exact) mass is 374 g/mol. The van der Waals surface area contributed by atoms with E-state index in [1.807, 2.05) is 24.1 Å². The van der Waals surface area contributed by atoms with Crippen LogP contribution in [0.5, 0.6) is 0 Å². The summed E-state index contributed by atoms with van der Waals surface area (Å²) in [6.45, 7) is 4.05. The number of imide groups is 1. The predicted molar refractivity (Wildman–Crippen MR) is 105 cm³/mol. The molecule has 7 nitrogen and oxygen atoms in total. The second-order valence-electron chi connectivity index (χ2n) is 7.40. The number of morpholine rings is 1. The van der Waals surface area contributed by atoms with Crippen LogP contribution in [-0.4, -0.2) is 62.8 Å². The minimum absolute atomic E-state index is 0.176. The smallest absolute Gasteiger partial charge is 0.321 e. The number of para-hydroxylation sites is 1. The highest BCUT2D eigenvalue weighted by molar-refractivity contribution is 5.95. The number of carbonyl (C=O) groups is 2. The number of nitrogens with one attached hydrogen (secondary N) is 2. The Balaban J connectivity index is 1.49. The highest BCUT2D eigenvalue weighted by Gasteiger charge is 2.19. The second kappa shape index (κ2) is 9.71. The predicted octanol–water partition coefficient (Wildman–Crippen LogP) is 1.72. The topological polar surface area (TPSA) is 73.9 Å². The Morgan fingerprint density at radius 2 is 1.89 bits per heavy atom. The van der Waals surface area contributed by atoms with E-state index in [-0.39, 0.29) is 24.5 Å². The molecule has 1 heterocycles. The van der Waals surface area contributed by atoms with E-state index in [4.69, 9.17) is 4.74 Å². The van der Waals surface area contributed by atoms with Crippen molar-refractivity contribution in [2.45, 2.75) is 38.3 Å². The summed E-state index contributed by atoms with van der Waals surface area (Å²) in [6, 6.07) is 8.08. The fraction of sp³-hybridized carbons (Fsp3) is 0.600. The molecule has 1 aliphatic carbocycles. The van der Waals surface area contributed by atoms with Crippen LogP contribution in [0.3, 0.4) is 0 Å². The fourth-order valence-electron chi connectivity index (χ4n) is 3.81. The van der Waals surface area contributed by atoms with E-state index < -0.39 is 0 Å². The zero-order valence-corrected chi connectivity index (χ0v) is 16.1. The van der Waals surface area contributed by atoms with Gasteiger partial charge in [0.25, 0.3) is 0 Å². The molecule has 1 saturated heterocycles. The Labute approximate surface area is 161 Å². The molecule has 0 spiro atoms. The van der Waals surface area contributed by atoms with Gasteiger partial charge in [0.05, 0.1) is 19.8 Å². The molecule has 2 aliphatic rings. The maximum atomic E-state index is 12.2. The number of hydrogen-bond acceptors (Lipinski definition) is 5. The number of anilines is 1. The summed E-state index contributed by atoms with van der Waals surface area (Å²) in [7, 11) is 1.89. The Kier molecular flexibility index (Phi) is 7.06. The lowest BCUT2D eigenvalue weighted by Crippen LogP contribution is -2.46. The SMILES string of the molecule is CN(CC(=O)NC(=O)NC1CCCC1)Cc1ccccc1N1CCOCC1. The number of rotatable bonds is 6. The number of carbonyl (C=O) groups excluding carboxylic acids is 2. The summed E-state index contributed by atoms with van der Waals surface area (Å²) in [4.78, 5) is 28.4. The molecule has 2 fully saturated rings. The van der Waals surface area contributed by atoms with E-state index in [0.717, 1.165) is 52.0 Å². The third-order valence-electron chi connectivity index (χ3n) is 5.14. The van der Waals surface area contributed by atoms with Gasteiger partial charge in [0.2, 0.25) is 5.91 Å². The zero-order chi connectivity index (χ0) is 19.1. The summed E-state index contributed by atoms with van der Waals surface area (Å²) >= 11 is 0. The summed E-state index contributed by atoms with van der Waals surface area (Å²) in [6.07, 6.45) is 4.29. The number of amides is 3. The van der Waals surface area contributed by atoms with Crippen LogP contribution in [0.25, 0.3) is 0 Å². The van der Waals surface area contributed by atoms with Crippen LogP contribution in [0.1, 0.15) is 31.2 Å². The van der Waals surface area contributed by atoms with Crippen LogP contribution in [0.2, 0.25) is 0 Å². The lowest BCUT2D eigenvalue weighted by atomic mass is 10.1. The number of likely N-dealkylation sites (N-methyl/N-ethyl adjacent to an activating group) is 1. The molecule has 1 saturated carbocycles. The van der Waals surface area contributed by atoms with E-state index in [9.17, 15) is 9.59 Å². The van der Waals surface area contributed by atoms with Crippen molar-refractivity contribution in [2.75, 3.05) is 44.8 Å².